The van der Waals surface area contributed by atoms with Crippen molar-refractivity contribution >= 4 is 8.19 Å². The summed E-state index contributed by atoms with van der Waals surface area (Å²) in [5.74, 6) is 2.22. The zero-order valence-electron chi connectivity index (χ0n) is 5.18. The Labute approximate surface area is 51.7 Å². The minimum absolute atomic E-state index is 1.36. The molecule has 1 heterocycles. The van der Waals surface area contributed by atoms with Crippen LogP contribution in [0.25, 0.3) is 0 Å². The van der Waals surface area contributed by atoms with Crippen molar-refractivity contribution in [2.24, 2.45) is 0 Å². The Morgan fingerprint density at radius 2 is 2.00 bits per heavy atom. The lowest BCUT2D eigenvalue weighted by Crippen LogP contribution is -1.64. The highest BCUT2D eigenvalue weighted by Crippen LogP contribution is 2.13. The fraction of sp³-hybridized carbons (Fsp3) is 0.286. The Morgan fingerprint density at radius 3 is 2.38 bits per heavy atom. The van der Waals surface area contributed by atoms with E-state index < -0.39 is 0 Å². The number of aryl methyl sites for hydroxylation is 2. The van der Waals surface area contributed by atoms with Crippen LogP contribution in [0.5, 0.6) is 0 Å². The second-order valence-corrected chi connectivity index (χ2v) is 3.20. The van der Waals surface area contributed by atoms with Crippen LogP contribution in [0.3, 0.4) is 0 Å². The Balaban J connectivity index is 3.03. The molecule has 0 aliphatic carbocycles. The molecule has 8 heavy (non-hydrogen) atoms. The topological polar surface area (TPSA) is 0 Å². The Bertz CT molecular complexity index is 143. The van der Waals surface area contributed by atoms with Gasteiger partial charge in [0.15, 0.2) is 0 Å². The highest BCUT2D eigenvalue weighted by atomic mass is 31.0. The molecule has 0 aliphatic heterocycles. The minimum atomic E-state index is 1.36. The molecule has 0 atom stereocenters. The monoisotopic (exact) mass is 124 g/mol. The van der Waals surface area contributed by atoms with Crippen molar-refractivity contribution < 1.29 is 0 Å². The van der Waals surface area contributed by atoms with Crippen LogP contribution < -0.4 is 0 Å². The van der Waals surface area contributed by atoms with E-state index in [2.05, 4.69) is 31.8 Å². The lowest BCUT2D eigenvalue weighted by Gasteiger charge is -1.89. The third kappa shape index (κ3) is 1.31. The van der Waals surface area contributed by atoms with Gasteiger partial charge in [0, 0.05) is 0 Å². The van der Waals surface area contributed by atoms with Crippen LogP contribution in [0.15, 0.2) is 17.9 Å². The van der Waals surface area contributed by atoms with Crippen LogP contribution in [-0.4, -0.2) is 0 Å². The van der Waals surface area contributed by atoms with E-state index in [0.29, 0.717) is 0 Å². The maximum Gasteiger partial charge on any atom is -0.0237 e. The van der Waals surface area contributed by atoms with Gasteiger partial charge in [-0.3, -0.25) is 0 Å². The lowest BCUT2D eigenvalue weighted by atomic mass is 10.3. The number of hydrogen-bond acceptors (Lipinski definition) is 0. The summed E-state index contributed by atoms with van der Waals surface area (Å²) in [5, 5.41) is 1.43. The summed E-state index contributed by atoms with van der Waals surface area (Å²) >= 11 is 0. The predicted octanol–water partition coefficient (Wildman–Crippen LogP) is 2.88. The van der Waals surface area contributed by atoms with Gasteiger partial charge in [0.1, 0.15) is 0 Å². The molecule has 0 saturated carbocycles. The highest BCUT2D eigenvalue weighted by Gasteiger charge is 1.80. The van der Waals surface area contributed by atoms with Crippen LogP contribution in [-0.2, 0) is 0 Å². The van der Waals surface area contributed by atoms with Crippen LogP contribution in [0.1, 0.15) is 10.9 Å². The first kappa shape index (κ1) is 5.78. The van der Waals surface area contributed by atoms with Gasteiger partial charge in [0.05, 0.1) is 0 Å². The van der Waals surface area contributed by atoms with Gasteiger partial charge in [-0.15, -0.1) is 0 Å². The summed E-state index contributed by atoms with van der Waals surface area (Å²) < 4.78 is 0. The predicted molar refractivity (Wildman–Crippen MR) is 38.4 cm³/mol. The van der Waals surface area contributed by atoms with Gasteiger partial charge in [-0.05, 0) is 30.5 Å². The van der Waals surface area contributed by atoms with Crippen LogP contribution in [0.4, 0.5) is 0 Å². The van der Waals surface area contributed by atoms with Crippen molar-refractivity contribution in [2.75, 3.05) is 0 Å². The second-order valence-electron chi connectivity index (χ2n) is 1.98. The van der Waals surface area contributed by atoms with E-state index in [1.165, 1.54) is 19.1 Å². The molecule has 0 N–H and O–H groups in total. The van der Waals surface area contributed by atoms with Gasteiger partial charge in [0.25, 0.3) is 0 Å². The first-order valence-electron chi connectivity index (χ1n) is 2.68. The third-order valence-electron chi connectivity index (χ3n) is 1.06. The first-order chi connectivity index (χ1) is 3.79. The molecule has 42 valence electrons. The molecule has 0 radical (unpaired) electrons. The summed E-state index contributed by atoms with van der Waals surface area (Å²) in [7, 11) is 1.36. The summed E-state index contributed by atoms with van der Waals surface area (Å²) in [4.78, 5) is 0. The smallest absolute Gasteiger partial charge is 0.0237 e. The molecule has 1 rings (SSSR count). The van der Waals surface area contributed by atoms with E-state index in [-0.39, 0.29) is 0 Å². The minimum Gasteiger partial charge on any atom is -0.0729 e. The molecule has 0 aliphatic rings. The molecule has 1 aromatic rings. The molecule has 0 fully saturated rings. The average Bonchev–Trinajstić information content (AvgIpc) is 1.77. The van der Waals surface area contributed by atoms with E-state index in [0.717, 1.165) is 0 Å². The van der Waals surface area contributed by atoms with Crippen molar-refractivity contribution in [1.82, 2.24) is 0 Å². The molecular formula is C7H9P. The Hall–Kier alpha value is -0.350. The molecule has 0 aromatic carbocycles. The van der Waals surface area contributed by atoms with E-state index in [4.69, 9.17) is 0 Å². The molecule has 0 saturated heterocycles. The molecule has 1 aromatic heterocycles. The van der Waals surface area contributed by atoms with Gasteiger partial charge in [-0.1, -0.05) is 20.3 Å². The van der Waals surface area contributed by atoms with Crippen LogP contribution in [0, 0.1) is 13.8 Å². The molecule has 0 nitrogen and oxygen atoms in total. The normalized spacial score (nSPS) is 10.2. The van der Waals surface area contributed by atoms with Gasteiger partial charge < -0.3 is 0 Å². The lowest BCUT2D eigenvalue weighted by molar-refractivity contribution is 1.49. The van der Waals surface area contributed by atoms with E-state index in [9.17, 15) is 0 Å². The number of rotatable bonds is 0. The average molecular weight is 124 g/mol. The molecule has 0 bridgehead atoms. The summed E-state index contributed by atoms with van der Waals surface area (Å²) in [5.41, 5.74) is 1.37. The zero-order chi connectivity index (χ0) is 5.98. The maximum atomic E-state index is 2.22. The van der Waals surface area contributed by atoms with Crippen molar-refractivity contribution in [3.8, 4) is 0 Å². The van der Waals surface area contributed by atoms with E-state index in [1.54, 1.807) is 0 Å². The SMILES string of the molecule is Cc1ccc(C)pc1. The summed E-state index contributed by atoms with van der Waals surface area (Å²) in [6.07, 6.45) is 0. The van der Waals surface area contributed by atoms with Gasteiger partial charge in [-0.2, -0.15) is 0 Å². The Kier molecular flexibility index (Phi) is 1.65. The molecule has 0 amide bonds. The van der Waals surface area contributed by atoms with Gasteiger partial charge in [0.2, 0.25) is 0 Å². The molecule has 1 heteroatoms. The van der Waals surface area contributed by atoms with Gasteiger partial charge in [-0.25, -0.2) is 0 Å². The third-order valence-corrected chi connectivity index (χ3v) is 2.15. The van der Waals surface area contributed by atoms with Gasteiger partial charge >= 0.3 is 0 Å². The van der Waals surface area contributed by atoms with Crippen molar-refractivity contribution in [3.63, 3.8) is 0 Å². The van der Waals surface area contributed by atoms with E-state index in [1.807, 2.05) is 0 Å². The van der Waals surface area contributed by atoms with E-state index >= 15 is 0 Å². The Morgan fingerprint density at radius 1 is 1.25 bits per heavy atom. The highest BCUT2D eigenvalue weighted by molar-refractivity contribution is 7.30. The zero-order valence-corrected chi connectivity index (χ0v) is 6.07. The number of hydrogen-bond donors (Lipinski definition) is 0. The maximum absolute atomic E-state index is 2.22. The molecule has 0 unspecified atom stereocenters. The van der Waals surface area contributed by atoms with Crippen molar-refractivity contribution in [3.05, 3.63) is 28.8 Å². The van der Waals surface area contributed by atoms with Crippen LogP contribution in [0.2, 0.25) is 0 Å². The fourth-order valence-corrected chi connectivity index (χ4v) is 1.20. The standard InChI is InChI=1S/C7H9P/c1-6-3-4-7(2)8-5-6/h3-5H,1-2H3. The molecular weight excluding hydrogens is 115 g/mol. The molecule has 0 spiro atoms. The van der Waals surface area contributed by atoms with Crippen molar-refractivity contribution in [2.45, 2.75) is 13.8 Å². The fourth-order valence-electron chi connectivity index (χ4n) is 0.542. The summed E-state index contributed by atoms with van der Waals surface area (Å²) in [6.45, 7) is 4.26. The largest absolute Gasteiger partial charge is 0.0729 e. The first-order valence-corrected chi connectivity index (χ1v) is 3.64. The van der Waals surface area contributed by atoms with Crippen molar-refractivity contribution in [1.29, 1.82) is 0 Å². The second kappa shape index (κ2) is 2.28. The van der Waals surface area contributed by atoms with Crippen LogP contribution >= 0.6 is 8.19 Å². The quantitative estimate of drug-likeness (QED) is 0.498. The summed E-state index contributed by atoms with van der Waals surface area (Å²) in [6, 6.07) is 4.31.